The fraction of sp³-hybridized carbons (Fsp3) is 0.294. The number of anilines is 2. The summed E-state index contributed by atoms with van der Waals surface area (Å²) in [4.78, 5) is 0. The molecular weight excluding hydrogens is 367 g/mol. The number of halogens is 2. The van der Waals surface area contributed by atoms with Crippen LogP contribution < -0.4 is 14.4 Å². The Bertz CT molecular complexity index is 832. The summed E-state index contributed by atoms with van der Waals surface area (Å²) in [5.41, 5.74) is -0.709. The molecule has 2 aromatic carbocycles. The molecule has 1 unspecified atom stereocenters. The number of ether oxygens (including phenoxy) is 1. The van der Waals surface area contributed by atoms with Crippen molar-refractivity contribution in [3.05, 3.63) is 54.3 Å². The number of hydrogen-bond acceptors (Lipinski definition) is 4. The third-order valence-electron chi connectivity index (χ3n) is 3.87. The molecule has 136 valence electrons. The monoisotopic (exact) mass is 386 g/mol. The van der Waals surface area contributed by atoms with E-state index in [4.69, 9.17) is 4.74 Å². The van der Waals surface area contributed by atoms with E-state index in [0.717, 1.165) is 4.31 Å². The van der Waals surface area contributed by atoms with Crippen molar-refractivity contribution < 1.29 is 17.5 Å². The minimum Gasteiger partial charge on any atom is -0.470 e. The van der Waals surface area contributed by atoms with Crippen molar-refractivity contribution in [2.45, 2.75) is 18.3 Å². The smallest absolute Gasteiger partial charge is 0.278 e. The fourth-order valence-corrected chi connectivity index (χ4v) is 4.49. The van der Waals surface area contributed by atoms with Crippen LogP contribution in [0, 0.1) is 5.82 Å². The van der Waals surface area contributed by atoms with E-state index in [1.54, 1.807) is 37.4 Å². The molecule has 3 rings (SSSR count). The molecule has 2 aromatic rings. The van der Waals surface area contributed by atoms with Crippen LogP contribution in [0.15, 0.2) is 48.5 Å². The van der Waals surface area contributed by atoms with E-state index >= 15 is 0 Å². The lowest BCUT2D eigenvalue weighted by Crippen LogP contribution is -2.43. The van der Waals surface area contributed by atoms with Gasteiger partial charge in [-0.15, -0.1) is 12.4 Å². The predicted octanol–water partition coefficient (Wildman–Crippen LogP) is 3.43. The number of para-hydroxylation sites is 3. The van der Waals surface area contributed by atoms with Gasteiger partial charge >= 0.3 is 0 Å². The van der Waals surface area contributed by atoms with Crippen molar-refractivity contribution >= 4 is 33.8 Å². The lowest BCUT2D eigenvalue weighted by Gasteiger charge is -2.35. The van der Waals surface area contributed by atoms with Gasteiger partial charge in [0.15, 0.2) is 0 Å². The summed E-state index contributed by atoms with van der Waals surface area (Å²) in [7, 11) is -2.09. The molecule has 0 bridgehead atoms. The second kappa shape index (κ2) is 8.03. The standard InChI is InChI=1S/C17H19FN2O3S.ClH/c1-19-12-6-11-17-23-16-10-5-4-9-15(16)20(24(17,21)22)14-8-3-2-7-13(14)18;/h2-5,7-10,17,19H,6,11-12H2,1H3;1H. The van der Waals surface area contributed by atoms with Crippen LogP contribution in [-0.2, 0) is 10.0 Å². The van der Waals surface area contributed by atoms with Crippen molar-refractivity contribution in [2.24, 2.45) is 0 Å². The quantitative estimate of drug-likeness (QED) is 0.800. The van der Waals surface area contributed by atoms with Crippen molar-refractivity contribution in [1.29, 1.82) is 0 Å². The van der Waals surface area contributed by atoms with E-state index in [-0.39, 0.29) is 18.1 Å². The maximum atomic E-state index is 14.3. The van der Waals surface area contributed by atoms with Gasteiger partial charge in [0.1, 0.15) is 11.6 Å². The van der Waals surface area contributed by atoms with E-state index in [9.17, 15) is 12.8 Å². The number of rotatable bonds is 5. The average molecular weight is 387 g/mol. The van der Waals surface area contributed by atoms with Gasteiger partial charge in [0.2, 0.25) is 5.44 Å². The zero-order chi connectivity index (χ0) is 17.2. The minimum atomic E-state index is -3.89. The summed E-state index contributed by atoms with van der Waals surface area (Å²) in [5.74, 6) is -0.156. The summed E-state index contributed by atoms with van der Waals surface area (Å²) < 4.78 is 47.1. The predicted molar refractivity (Wildman–Crippen MR) is 98.7 cm³/mol. The first kappa shape index (κ1) is 19.5. The van der Waals surface area contributed by atoms with Crippen LogP contribution in [0.25, 0.3) is 0 Å². The van der Waals surface area contributed by atoms with E-state index < -0.39 is 21.3 Å². The van der Waals surface area contributed by atoms with Gasteiger partial charge in [-0.25, -0.2) is 17.1 Å². The van der Waals surface area contributed by atoms with Gasteiger partial charge in [-0.2, -0.15) is 0 Å². The first-order chi connectivity index (χ1) is 11.6. The summed E-state index contributed by atoms with van der Waals surface area (Å²) >= 11 is 0. The Balaban J connectivity index is 0.00000225. The molecule has 0 fully saturated rings. The van der Waals surface area contributed by atoms with Crippen molar-refractivity contribution in [2.75, 3.05) is 17.9 Å². The highest BCUT2D eigenvalue weighted by Gasteiger charge is 2.41. The molecule has 1 atom stereocenters. The Morgan fingerprint density at radius 2 is 1.76 bits per heavy atom. The largest absolute Gasteiger partial charge is 0.470 e. The van der Waals surface area contributed by atoms with Crippen LogP contribution in [-0.4, -0.2) is 27.4 Å². The molecule has 25 heavy (non-hydrogen) atoms. The van der Waals surface area contributed by atoms with Gasteiger partial charge < -0.3 is 10.1 Å². The zero-order valence-electron chi connectivity index (χ0n) is 13.7. The van der Waals surface area contributed by atoms with Crippen molar-refractivity contribution in [3.8, 4) is 5.75 Å². The first-order valence-corrected chi connectivity index (χ1v) is 9.25. The molecular formula is C17H20ClFN2O3S. The molecule has 1 N–H and O–H groups in total. The number of sulfonamides is 1. The van der Waals surface area contributed by atoms with Gasteiger partial charge in [0, 0.05) is 6.42 Å². The number of fused-ring (bicyclic) bond motifs is 1. The third-order valence-corrected chi connectivity index (χ3v) is 5.77. The van der Waals surface area contributed by atoms with E-state index in [1.165, 1.54) is 18.2 Å². The molecule has 1 aliphatic heterocycles. The van der Waals surface area contributed by atoms with Crippen LogP contribution in [0.1, 0.15) is 12.8 Å². The molecule has 0 aliphatic carbocycles. The summed E-state index contributed by atoms with van der Waals surface area (Å²) in [6, 6.07) is 12.6. The summed E-state index contributed by atoms with van der Waals surface area (Å²) in [5, 5.41) is 2.98. The molecule has 1 heterocycles. The zero-order valence-corrected chi connectivity index (χ0v) is 15.3. The fourth-order valence-electron chi connectivity index (χ4n) is 2.72. The van der Waals surface area contributed by atoms with Crippen molar-refractivity contribution in [1.82, 2.24) is 5.32 Å². The highest BCUT2D eigenvalue weighted by molar-refractivity contribution is 7.93. The Morgan fingerprint density at radius 3 is 2.44 bits per heavy atom. The molecule has 0 saturated carbocycles. The molecule has 0 radical (unpaired) electrons. The number of nitrogens with one attached hydrogen (secondary N) is 1. The van der Waals surface area contributed by atoms with E-state index in [1.807, 2.05) is 0 Å². The Labute approximate surface area is 153 Å². The summed E-state index contributed by atoms with van der Waals surface area (Å²) in [6.45, 7) is 0.677. The Morgan fingerprint density at radius 1 is 1.12 bits per heavy atom. The molecule has 0 spiro atoms. The van der Waals surface area contributed by atoms with Crippen LogP contribution in [0.3, 0.4) is 0 Å². The SMILES string of the molecule is CNCCCC1Oc2ccccc2N(c2ccccc2F)S1(=O)=O.Cl. The topological polar surface area (TPSA) is 58.6 Å². The Hall–Kier alpha value is -1.83. The molecule has 0 saturated heterocycles. The van der Waals surface area contributed by atoms with Crippen LogP contribution in [0.4, 0.5) is 15.8 Å². The van der Waals surface area contributed by atoms with Gasteiger partial charge in [-0.05, 0) is 44.3 Å². The molecule has 0 aromatic heterocycles. The highest BCUT2D eigenvalue weighted by atomic mass is 35.5. The lowest BCUT2D eigenvalue weighted by atomic mass is 10.2. The third kappa shape index (κ3) is 3.73. The van der Waals surface area contributed by atoms with E-state index in [0.29, 0.717) is 30.8 Å². The number of hydrogen-bond donors (Lipinski definition) is 1. The lowest BCUT2D eigenvalue weighted by molar-refractivity contribution is 0.254. The van der Waals surface area contributed by atoms with Crippen LogP contribution in [0.2, 0.25) is 0 Å². The maximum absolute atomic E-state index is 14.3. The second-order valence-electron chi connectivity index (χ2n) is 5.52. The minimum absolute atomic E-state index is 0. The number of benzene rings is 2. The highest BCUT2D eigenvalue weighted by Crippen LogP contribution is 2.43. The van der Waals surface area contributed by atoms with Gasteiger partial charge in [-0.1, -0.05) is 24.3 Å². The molecule has 8 heteroatoms. The van der Waals surface area contributed by atoms with E-state index in [2.05, 4.69) is 5.32 Å². The Kier molecular flexibility index (Phi) is 6.26. The maximum Gasteiger partial charge on any atom is 0.278 e. The second-order valence-corrected chi connectivity index (χ2v) is 7.44. The van der Waals surface area contributed by atoms with Crippen LogP contribution >= 0.6 is 12.4 Å². The summed E-state index contributed by atoms with van der Waals surface area (Å²) in [6.07, 6.45) is 0.954. The molecule has 1 aliphatic rings. The van der Waals surface area contributed by atoms with Crippen LogP contribution in [0.5, 0.6) is 5.75 Å². The van der Waals surface area contributed by atoms with Gasteiger partial charge in [-0.3, -0.25) is 0 Å². The van der Waals surface area contributed by atoms with Gasteiger partial charge in [0.25, 0.3) is 10.0 Å². The van der Waals surface area contributed by atoms with Gasteiger partial charge in [0.05, 0.1) is 11.4 Å². The number of nitrogens with zero attached hydrogens (tertiary/aromatic N) is 1. The normalized spacial score (nSPS) is 18.0. The van der Waals surface area contributed by atoms with Crippen molar-refractivity contribution in [3.63, 3.8) is 0 Å². The average Bonchev–Trinajstić information content (AvgIpc) is 2.56. The molecule has 5 nitrogen and oxygen atoms in total. The molecule has 0 amide bonds. The first-order valence-electron chi connectivity index (χ1n) is 7.74.